The number of ether oxygens (including phenoxy) is 4. The largest absolute Gasteiger partial charge is 0.493 e. The van der Waals surface area contributed by atoms with E-state index in [0.717, 1.165) is 16.9 Å². The Morgan fingerprint density at radius 1 is 0.833 bits per heavy atom. The minimum absolute atomic E-state index is 0.176. The normalized spacial score (nSPS) is 10.6. The molecule has 5 heteroatoms. The molecule has 0 spiro atoms. The lowest BCUT2D eigenvalue weighted by molar-refractivity contribution is 0.104. The second-order valence-electron chi connectivity index (χ2n) is 6.46. The van der Waals surface area contributed by atoms with Gasteiger partial charge in [-0.05, 0) is 41.5 Å². The molecule has 0 atom stereocenters. The van der Waals surface area contributed by atoms with Crippen molar-refractivity contribution in [3.8, 4) is 23.0 Å². The summed E-state index contributed by atoms with van der Waals surface area (Å²) >= 11 is 0. The molecule has 0 fully saturated rings. The third kappa shape index (κ3) is 5.20. The van der Waals surface area contributed by atoms with Crippen LogP contribution in [0, 0.1) is 0 Å². The van der Waals surface area contributed by atoms with Crippen molar-refractivity contribution >= 4 is 11.9 Å². The zero-order valence-corrected chi connectivity index (χ0v) is 17.3. The smallest absolute Gasteiger partial charge is 0.203 e. The van der Waals surface area contributed by atoms with E-state index in [1.165, 1.54) is 27.4 Å². The molecule has 0 saturated heterocycles. The van der Waals surface area contributed by atoms with Gasteiger partial charge in [0, 0.05) is 5.56 Å². The molecule has 3 rings (SSSR count). The molecule has 30 heavy (non-hydrogen) atoms. The molecule has 0 aliphatic heterocycles. The molecule has 0 heterocycles. The maximum absolute atomic E-state index is 12.7. The Morgan fingerprint density at radius 2 is 1.53 bits per heavy atom. The van der Waals surface area contributed by atoms with Crippen LogP contribution in [-0.2, 0) is 6.61 Å². The van der Waals surface area contributed by atoms with Gasteiger partial charge in [-0.15, -0.1) is 0 Å². The van der Waals surface area contributed by atoms with Crippen LogP contribution >= 0.6 is 0 Å². The fourth-order valence-electron chi connectivity index (χ4n) is 2.94. The maximum Gasteiger partial charge on any atom is 0.203 e. The highest BCUT2D eigenvalue weighted by Crippen LogP contribution is 2.38. The van der Waals surface area contributed by atoms with Gasteiger partial charge in [0.1, 0.15) is 12.4 Å². The molecule has 3 aromatic carbocycles. The summed E-state index contributed by atoms with van der Waals surface area (Å²) < 4.78 is 21.8. The van der Waals surface area contributed by atoms with E-state index in [-0.39, 0.29) is 5.78 Å². The van der Waals surface area contributed by atoms with Crippen LogP contribution < -0.4 is 18.9 Å². The number of allylic oxidation sites excluding steroid dienone is 1. The molecule has 0 saturated carbocycles. The van der Waals surface area contributed by atoms with Crippen molar-refractivity contribution in [1.29, 1.82) is 0 Å². The lowest BCUT2D eigenvalue weighted by Crippen LogP contribution is -2.00. The van der Waals surface area contributed by atoms with Gasteiger partial charge >= 0.3 is 0 Å². The Kier molecular flexibility index (Phi) is 7.11. The maximum atomic E-state index is 12.7. The first-order chi connectivity index (χ1) is 14.6. The van der Waals surface area contributed by atoms with E-state index in [2.05, 4.69) is 0 Å². The minimum Gasteiger partial charge on any atom is -0.493 e. The Balaban J connectivity index is 1.73. The molecule has 0 aliphatic rings. The van der Waals surface area contributed by atoms with Crippen molar-refractivity contribution in [2.45, 2.75) is 6.61 Å². The van der Waals surface area contributed by atoms with Gasteiger partial charge in [-0.25, -0.2) is 0 Å². The second kappa shape index (κ2) is 10.2. The SMILES string of the molecule is COc1cc(C(=O)/C=C/c2cccc(OCc3ccccc3)c2)cc(OC)c1OC. The van der Waals surface area contributed by atoms with Gasteiger partial charge < -0.3 is 18.9 Å². The zero-order chi connectivity index (χ0) is 21.3. The monoisotopic (exact) mass is 404 g/mol. The Hall–Kier alpha value is -3.73. The van der Waals surface area contributed by atoms with Crippen LogP contribution in [-0.4, -0.2) is 27.1 Å². The summed E-state index contributed by atoms with van der Waals surface area (Å²) in [5.41, 5.74) is 2.40. The summed E-state index contributed by atoms with van der Waals surface area (Å²) in [5, 5.41) is 0. The molecular weight excluding hydrogens is 380 g/mol. The molecule has 3 aromatic rings. The highest BCUT2D eigenvalue weighted by atomic mass is 16.5. The molecule has 5 nitrogen and oxygen atoms in total. The van der Waals surface area contributed by atoms with Gasteiger partial charge in [-0.3, -0.25) is 4.79 Å². The summed E-state index contributed by atoms with van der Waals surface area (Å²) in [6, 6.07) is 20.8. The molecule has 0 amide bonds. The number of hydrogen-bond acceptors (Lipinski definition) is 5. The highest BCUT2D eigenvalue weighted by Gasteiger charge is 2.15. The van der Waals surface area contributed by atoms with Crippen molar-refractivity contribution in [1.82, 2.24) is 0 Å². The third-order valence-electron chi connectivity index (χ3n) is 4.48. The number of methoxy groups -OCH3 is 3. The van der Waals surface area contributed by atoms with Crippen molar-refractivity contribution in [3.63, 3.8) is 0 Å². The van der Waals surface area contributed by atoms with Gasteiger partial charge in [0.2, 0.25) is 5.75 Å². The van der Waals surface area contributed by atoms with Crippen molar-refractivity contribution in [2.24, 2.45) is 0 Å². The summed E-state index contributed by atoms with van der Waals surface area (Å²) in [5.74, 6) is 1.88. The molecule has 0 bridgehead atoms. The van der Waals surface area contributed by atoms with Gasteiger partial charge in [-0.2, -0.15) is 0 Å². The van der Waals surface area contributed by atoms with Crippen LogP contribution in [0.25, 0.3) is 6.08 Å². The van der Waals surface area contributed by atoms with Crippen molar-refractivity contribution in [2.75, 3.05) is 21.3 Å². The fourth-order valence-corrected chi connectivity index (χ4v) is 2.94. The number of hydrogen-bond donors (Lipinski definition) is 0. The zero-order valence-electron chi connectivity index (χ0n) is 17.3. The topological polar surface area (TPSA) is 54.0 Å². The van der Waals surface area contributed by atoms with E-state index in [0.29, 0.717) is 29.4 Å². The molecule has 154 valence electrons. The first-order valence-electron chi connectivity index (χ1n) is 9.44. The van der Waals surface area contributed by atoms with Crippen molar-refractivity contribution in [3.05, 3.63) is 89.5 Å². The predicted molar refractivity (Wildman–Crippen MR) is 117 cm³/mol. The first-order valence-corrected chi connectivity index (χ1v) is 9.44. The van der Waals surface area contributed by atoms with E-state index in [9.17, 15) is 4.79 Å². The molecule has 0 N–H and O–H groups in total. The summed E-state index contributed by atoms with van der Waals surface area (Å²) in [4.78, 5) is 12.7. The van der Waals surface area contributed by atoms with Crippen molar-refractivity contribution < 1.29 is 23.7 Å². The van der Waals surface area contributed by atoms with Gasteiger partial charge in [0.05, 0.1) is 21.3 Å². The summed E-state index contributed by atoms with van der Waals surface area (Å²) in [7, 11) is 4.55. The van der Waals surface area contributed by atoms with Crippen LogP contribution in [0.2, 0.25) is 0 Å². The Morgan fingerprint density at radius 3 is 2.17 bits per heavy atom. The molecular formula is C25H24O5. The Labute approximate surface area is 176 Å². The van der Waals surface area contributed by atoms with E-state index in [4.69, 9.17) is 18.9 Å². The predicted octanol–water partition coefficient (Wildman–Crippen LogP) is 5.19. The number of benzene rings is 3. The first kappa shape index (κ1) is 21.0. The average Bonchev–Trinajstić information content (AvgIpc) is 2.81. The van der Waals surface area contributed by atoms with Gasteiger partial charge in [0.15, 0.2) is 17.3 Å². The van der Waals surface area contributed by atoms with Crippen LogP contribution in [0.15, 0.2) is 72.8 Å². The minimum atomic E-state index is -0.176. The summed E-state index contributed by atoms with van der Waals surface area (Å²) in [6.07, 6.45) is 3.26. The number of carbonyl (C=O) groups is 1. The molecule has 0 aromatic heterocycles. The van der Waals surface area contributed by atoms with E-state index in [1.807, 2.05) is 54.6 Å². The lowest BCUT2D eigenvalue weighted by atomic mass is 10.1. The third-order valence-corrected chi connectivity index (χ3v) is 4.48. The van der Waals surface area contributed by atoms with Gasteiger partial charge in [0.25, 0.3) is 0 Å². The standard InChI is InChI=1S/C25H24O5/c1-27-23-15-20(16-24(28-2)25(23)29-3)22(26)13-12-18-10-7-11-21(14-18)30-17-19-8-5-4-6-9-19/h4-16H,17H2,1-3H3/b13-12+. The number of ketones is 1. The molecule has 0 aliphatic carbocycles. The van der Waals surface area contributed by atoms with Crippen LogP contribution in [0.5, 0.6) is 23.0 Å². The molecule has 0 radical (unpaired) electrons. The average molecular weight is 404 g/mol. The second-order valence-corrected chi connectivity index (χ2v) is 6.46. The van der Waals surface area contributed by atoms with Crippen LogP contribution in [0.1, 0.15) is 21.5 Å². The fraction of sp³-hybridized carbons (Fsp3) is 0.160. The Bertz CT molecular complexity index is 1000. The summed E-state index contributed by atoms with van der Waals surface area (Å²) in [6.45, 7) is 0.484. The van der Waals surface area contributed by atoms with Gasteiger partial charge in [-0.1, -0.05) is 48.5 Å². The number of carbonyl (C=O) groups excluding carboxylic acids is 1. The van der Waals surface area contributed by atoms with Crippen LogP contribution in [0.4, 0.5) is 0 Å². The van der Waals surface area contributed by atoms with Crippen LogP contribution in [0.3, 0.4) is 0 Å². The lowest BCUT2D eigenvalue weighted by Gasteiger charge is -2.13. The van der Waals surface area contributed by atoms with E-state index < -0.39 is 0 Å². The quantitative estimate of drug-likeness (QED) is 0.363. The highest BCUT2D eigenvalue weighted by molar-refractivity contribution is 6.07. The van der Waals surface area contributed by atoms with E-state index in [1.54, 1.807) is 18.2 Å². The number of rotatable bonds is 9. The molecule has 0 unspecified atom stereocenters. The van der Waals surface area contributed by atoms with E-state index >= 15 is 0 Å².